The molecule has 1 N–H and O–H groups in total. The summed E-state index contributed by atoms with van der Waals surface area (Å²) in [5, 5.41) is 8.11. The number of aldehydes is 1. The zero-order valence-corrected chi connectivity index (χ0v) is 7.72. The Balaban J connectivity index is 2.96. The van der Waals surface area contributed by atoms with Crippen LogP contribution in [0.3, 0.4) is 0 Å². The van der Waals surface area contributed by atoms with Crippen LogP contribution in [0, 0.1) is 6.92 Å². The van der Waals surface area contributed by atoms with Gasteiger partial charge in [0.1, 0.15) is 0 Å². The molecule has 0 bridgehead atoms. The van der Waals surface area contributed by atoms with Gasteiger partial charge < -0.3 is 0 Å². The first-order chi connectivity index (χ1) is 6.24. The van der Waals surface area contributed by atoms with Crippen LogP contribution in [0.1, 0.15) is 16.1 Å². The Bertz CT molecular complexity index is 476. The van der Waals surface area contributed by atoms with Gasteiger partial charge in [0, 0.05) is 16.6 Å². The molecule has 0 saturated carbocycles. The van der Waals surface area contributed by atoms with Crippen LogP contribution in [0.2, 0.25) is 5.02 Å². The van der Waals surface area contributed by atoms with Gasteiger partial charge in [0.15, 0.2) is 6.29 Å². The van der Waals surface area contributed by atoms with Crippen molar-refractivity contribution in [3.8, 4) is 0 Å². The Morgan fingerprint density at radius 2 is 2.31 bits per heavy atom. The van der Waals surface area contributed by atoms with Crippen LogP contribution in [0.4, 0.5) is 0 Å². The van der Waals surface area contributed by atoms with E-state index in [4.69, 9.17) is 11.6 Å². The van der Waals surface area contributed by atoms with Gasteiger partial charge in [-0.05, 0) is 19.1 Å². The first kappa shape index (κ1) is 8.26. The minimum absolute atomic E-state index is 0.465. The number of benzene rings is 1. The van der Waals surface area contributed by atoms with Gasteiger partial charge in [-0.15, -0.1) is 0 Å². The Morgan fingerprint density at radius 1 is 1.54 bits per heavy atom. The minimum Gasteiger partial charge on any atom is -0.298 e. The average molecular weight is 195 g/mol. The fraction of sp³-hybridized carbons (Fsp3) is 0.111. The van der Waals surface area contributed by atoms with E-state index >= 15 is 0 Å². The number of nitrogens with one attached hydrogen (secondary N) is 1. The molecule has 0 saturated heterocycles. The number of halogens is 1. The van der Waals surface area contributed by atoms with E-state index in [1.807, 2.05) is 6.92 Å². The lowest BCUT2D eigenvalue weighted by molar-refractivity contribution is 0.112. The van der Waals surface area contributed by atoms with Crippen LogP contribution in [-0.2, 0) is 0 Å². The molecule has 66 valence electrons. The Labute approximate surface area is 79.7 Å². The van der Waals surface area contributed by atoms with Gasteiger partial charge in [-0.1, -0.05) is 11.6 Å². The fourth-order valence-electron chi connectivity index (χ4n) is 1.39. The first-order valence-electron chi connectivity index (χ1n) is 3.82. The first-order valence-corrected chi connectivity index (χ1v) is 4.20. The van der Waals surface area contributed by atoms with E-state index in [2.05, 4.69) is 10.2 Å². The molecule has 0 aliphatic heterocycles. The van der Waals surface area contributed by atoms with Gasteiger partial charge in [0.2, 0.25) is 0 Å². The number of H-pyrrole nitrogens is 1. The average Bonchev–Trinajstić information content (AvgIpc) is 2.49. The second kappa shape index (κ2) is 2.85. The standard InChI is InChI=1S/C9H7ClN2O/c1-5-9-6(4-13)7(10)2-3-8(9)12-11-5/h2-4H,1H3,(H,11,12). The van der Waals surface area contributed by atoms with Crippen molar-refractivity contribution in [1.82, 2.24) is 10.2 Å². The number of hydrogen-bond acceptors (Lipinski definition) is 2. The monoisotopic (exact) mass is 194 g/mol. The summed E-state index contributed by atoms with van der Waals surface area (Å²) >= 11 is 5.86. The molecule has 0 amide bonds. The van der Waals surface area contributed by atoms with E-state index in [9.17, 15) is 4.79 Å². The topological polar surface area (TPSA) is 45.8 Å². The minimum atomic E-state index is 0.465. The number of fused-ring (bicyclic) bond motifs is 1. The number of nitrogens with zero attached hydrogens (tertiary/aromatic N) is 1. The van der Waals surface area contributed by atoms with Gasteiger partial charge in [-0.2, -0.15) is 5.10 Å². The van der Waals surface area contributed by atoms with Crippen LogP contribution in [0.25, 0.3) is 10.9 Å². The fourth-order valence-corrected chi connectivity index (χ4v) is 1.59. The van der Waals surface area contributed by atoms with Gasteiger partial charge in [-0.25, -0.2) is 0 Å². The molecular weight excluding hydrogens is 188 g/mol. The highest BCUT2D eigenvalue weighted by molar-refractivity contribution is 6.34. The molecule has 2 aromatic rings. The lowest BCUT2D eigenvalue weighted by Gasteiger charge is -1.97. The van der Waals surface area contributed by atoms with Crippen LogP contribution in [-0.4, -0.2) is 16.5 Å². The van der Waals surface area contributed by atoms with E-state index < -0.39 is 0 Å². The summed E-state index contributed by atoms with van der Waals surface area (Å²) in [5.41, 5.74) is 2.13. The largest absolute Gasteiger partial charge is 0.298 e. The molecular formula is C9H7ClN2O. The summed E-state index contributed by atoms with van der Waals surface area (Å²) in [6.07, 6.45) is 0.757. The summed E-state index contributed by atoms with van der Waals surface area (Å²) in [6.45, 7) is 1.86. The zero-order valence-electron chi connectivity index (χ0n) is 6.97. The maximum Gasteiger partial charge on any atom is 0.152 e. The summed E-state index contributed by atoms with van der Waals surface area (Å²) in [5.74, 6) is 0. The number of aryl methyl sites for hydroxylation is 1. The molecule has 0 atom stereocenters. The number of hydrogen-bond donors (Lipinski definition) is 1. The van der Waals surface area contributed by atoms with Gasteiger partial charge in [-0.3, -0.25) is 9.89 Å². The molecule has 1 heterocycles. The highest BCUT2D eigenvalue weighted by Gasteiger charge is 2.09. The predicted molar refractivity (Wildman–Crippen MR) is 51.2 cm³/mol. The molecule has 0 unspecified atom stereocenters. The van der Waals surface area contributed by atoms with E-state index in [-0.39, 0.29) is 0 Å². The highest BCUT2D eigenvalue weighted by atomic mass is 35.5. The van der Waals surface area contributed by atoms with E-state index in [0.717, 1.165) is 22.9 Å². The van der Waals surface area contributed by atoms with Crippen molar-refractivity contribution in [1.29, 1.82) is 0 Å². The molecule has 0 fully saturated rings. The summed E-state index contributed by atoms with van der Waals surface area (Å²) in [4.78, 5) is 10.8. The molecule has 3 nitrogen and oxygen atoms in total. The SMILES string of the molecule is Cc1[nH]nc2ccc(Cl)c(C=O)c12. The molecule has 0 aliphatic rings. The summed E-state index contributed by atoms with van der Waals surface area (Å²) in [7, 11) is 0. The molecule has 4 heteroatoms. The quantitative estimate of drug-likeness (QED) is 0.709. The predicted octanol–water partition coefficient (Wildman–Crippen LogP) is 2.34. The van der Waals surface area contributed by atoms with Crippen molar-refractivity contribution >= 4 is 28.8 Å². The second-order valence-corrected chi connectivity index (χ2v) is 3.23. The Kier molecular flexibility index (Phi) is 1.81. The van der Waals surface area contributed by atoms with E-state index in [1.54, 1.807) is 12.1 Å². The number of rotatable bonds is 1. The lowest BCUT2D eigenvalue weighted by Crippen LogP contribution is -1.84. The van der Waals surface area contributed by atoms with Crippen molar-refractivity contribution in [2.45, 2.75) is 6.92 Å². The molecule has 0 radical (unpaired) electrons. The van der Waals surface area contributed by atoms with Gasteiger partial charge in [0.05, 0.1) is 10.5 Å². The van der Waals surface area contributed by atoms with Crippen molar-refractivity contribution in [3.05, 3.63) is 28.4 Å². The lowest BCUT2D eigenvalue weighted by atomic mass is 10.1. The van der Waals surface area contributed by atoms with Crippen molar-refractivity contribution < 1.29 is 4.79 Å². The molecule has 0 spiro atoms. The third kappa shape index (κ3) is 1.12. The van der Waals surface area contributed by atoms with Crippen LogP contribution in [0.15, 0.2) is 12.1 Å². The maximum absolute atomic E-state index is 10.8. The van der Waals surface area contributed by atoms with Crippen LogP contribution >= 0.6 is 11.6 Å². The van der Waals surface area contributed by atoms with E-state index in [1.165, 1.54) is 0 Å². The normalized spacial score (nSPS) is 10.6. The number of aromatic nitrogens is 2. The molecule has 2 rings (SSSR count). The van der Waals surface area contributed by atoms with Gasteiger partial charge in [0.25, 0.3) is 0 Å². The molecule has 1 aromatic carbocycles. The third-order valence-corrected chi connectivity index (χ3v) is 2.34. The summed E-state index contributed by atoms with van der Waals surface area (Å²) < 4.78 is 0. The number of aromatic amines is 1. The molecule has 1 aromatic heterocycles. The van der Waals surface area contributed by atoms with Gasteiger partial charge >= 0.3 is 0 Å². The molecule has 0 aliphatic carbocycles. The second-order valence-electron chi connectivity index (χ2n) is 2.82. The Morgan fingerprint density at radius 3 is 3.00 bits per heavy atom. The summed E-state index contributed by atoms with van der Waals surface area (Å²) in [6, 6.07) is 3.46. The highest BCUT2D eigenvalue weighted by Crippen LogP contribution is 2.25. The zero-order chi connectivity index (χ0) is 9.42. The number of carbonyl (C=O) groups is 1. The Hall–Kier alpha value is -1.35. The van der Waals surface area contributed by atoms with Crippen LogP contribution < -0.4 is 0 Å². The molecule has 13 heavy (non-hydrogen) atoms. The smallest absolute Gasteiger partial charge is 0.152 e. The number of carbonyl (C=O) groups excluding carboxylic acids is 1. The van der Waals surface area contributed by atoms with Crippen molar-refractivity contribution in [2.75, 3.05) is 0 Å². The van der Waals surface area contributed by atoms with Crippen molar-refractivity contribution in [3.63, 3.8) is 0 Å². The van der Waals surface area contributed by atoms with E-state index in [0.29, 0.717) is 10.6 Å². The third-order valence-electron chi connectivity index (χ3n) is 2.01. The van der Waals surface area contributed by atoms with Crippen LogP contribution in [0.5, 0.6) is 0 Å². The maximum atomic E-state index is 10.8. The van der Waals surface area contributed by atoms with Crippen molar-refractivity contribution in [2.24, 2.45) is 0 Å².